The van der Waals surface area contributed by atoms with Crippen molar-refractivity contribution in [3.63, 3.8) is 0 Å². The molecule has 4 aromatic rings. The second-order valence-electron chi connectivity index (χ2n) is 6.80. The van der Waals surface area contributed by atoms with Crippen molar-refractivity contribution in [1.82, 2.24) is 10.2 Å². The molecule has 2 N–H and O–H groups in total. The van der Waals surface area contributed by atoms with Gasteiger partial charge in [0.25, 0.3) is 5.91 Å². The Bertz CT molecular complexity index is 1190. The molecular weight excluding hydrogens is 353 g/mol. The zero-order valence-electron chi connectivity index (χ0n) is 14.9. The van der Waals surface area contributed by atoms with Crippen LogP contribution in [-0.2, 0) is 6.42 Å². The molecule has 0 atom stereocenters. The second kappa shape index (κ2) is 6.46. The second-order valence-corrected chi connectivity index (χ2v) is 6.80. The van der Waals surface area contributed by atoms with Gasteiger partial charge in [-0.2, -0.15) is 5.10 Å². The molecular formula is C23H16FN3O. The van der Waals surface area contributed by atoms with E-state index in [1.807, 2.05) is 36.4 Å². The number of halogens is 1. The topological polar surface area (TPSA) is 57.8 Å². The number of H-pyrrole nitrogens is 1. The number of amides is 1. The number of benzene rings is 3. The number of carbonyl (C=O) groups excluding carboxylic acids is 1. The summed E-state index contributed by atoms with van der Waals surface area (Å²) in [6.07, 6.45) is 0.857. The Labute approximate surface area is 161 Å². The zero-order chi connectivity index (χ0) is 19.1. The van der Waals surface area contributed by atoms with Crippen LogP contribution in [0.25, 0.3) is 22.5 Å². The summed E-state index contributed by atoms with van der Waals surface area (Å²) >= 11 is 0. The third kappa shape index (κ3) is 2.77. The highest BCUT2D eigenvalue weighted by atomic mass is 19.1. The Morgan fingerprint density at radius 1 is 1.00 bits per heavy atom. The first kappa shape index (κ1) is 16.4. The van der Waals surface area contributed by atoms with E-state index in [2.05, 4.69) is 27.6 Å². The molecule has 0 unspecified atom stereocenters. The molecule has 136 valence electrons. The molecule has 1 aromatic heterocycles. The molecule has 28 heavy (non-hydrogen) atoms. The van der Waals surface area contributed by atoms with Crippen LogP contribution < -0.4 is 5.32 Å². The summed E-state index contributed by atoms with van der Waals surface area (Å²) in [5.74, 6) is -0.778. The first-order chi connectivity index (χ1) is 13.7. The van der Waals surface area contributed by atoms with E-state index in [1.54, 1.807) is 6.07 Å². The molecule has 5 heteroatoms. The van der Waals surface area contributed by atoms with Crippen LogP contribution in [0.1, 0.15) is 21.5 Å². The highest BCUT2D eigenvalue weighted by Gasteiger charge is 2.24. The lowest BCUT2D eigenvalue weighted by molar-refractivity contribution is 0.102. The molecule has 1 aliphatic rings. The van der Waals surface area contributed by atoms with Crippen LogP contribution in [0, 0.1) is 5.82 Å². The summed E-state index contributed by atoms with van der Waals surface area (Å²) in [7, 11) is 0. The van der Waals surface area contributed by atoms with Gasteiger partial charge in [0.2, 0.25) is 0 Å². The number of hydrogen-bond acceptors (Lipinski definition) is 2. The van der Waals surface area contributed by atoms with Gasteiger partial charge in [0, 0.05) is 34.4 Å². The maximum absolute atomic E-state index is 13.3. The summed E-state index contributed by atoms with van der Waals surface area (Å²) in [6.45, 7) is 0. The number of anilines is 1. The van der Waals surface area contributed by atoms with E-state index in [1.165, 1.54) is 34.9 Å². The van der Waals surface area contributed by atoms with Gasteiger partial charge in [0.15, 0.2) is 0 Å². The third-order valence-electron chi connectivity index (χ3n) is 5.02. The minimum atomic E-state index is -0.434. The van der Waals surface area contributed by atoms with Gasteiger partial charge < -0.3 is 5.32 Å². The molecule has 0 spiro atoms. The maximum Gasteiger partial charge on any atom is 0.255 e. The largest absolute Gasteiger partial charge is 0.322 e. The minimum absolute atomic E-state index is 0.284. The first-order valence-electron chi connectivity index (χ1n) is 9.02. The Balaban J connectivity index is 1.38. The van der Waals surface area contributed by atoms with Crippen molar-refractivity contribution in [1.29, 1.82) is 0 Å². The lowest BCUT2D eigenvalue weighted by atomic mass is 10.1. The number of hydrogen-bond donors (Lipinski definition) is 2. The number of nitrogens with one attached hydrogen (secondary N) is 2. The number of carbonyl (C=O) groups is 1. The van der Waals surface area contributed by atoms with Gasteiger partial charge >= 0.3 is 0 Å². The fraction of sp³-hybridized carbons (Fsp3) is 0.0435. The zero-order valence-corrected chi connectivity index (χ0v) is 14.9. The Kier molecular flexibility index (Phi) is 3.79. The van der Waals surface area contributed by atoms with Crippen molar-refractivity contribution in [2.24, 2.45) is 0 Å². The van der Waals surface area contributed by atoms with Crippen LogP contribution in [0.5, 0.6) is 0 Å². The summed E-state index contributed by atoms with van der Waals surface area (Å²) in [5, 5.41) is 10.5. The predicted molar refractivity (Wildman–Crippen MR) is 107 cm³/mol. The van der Waals surface area contributed by atoms with Gasteiger partial charge in [-0.05, 0) is 35.9 Å². The number of nitrogens with zero attached hydrogens (tertiary/aromatic N) is 1. The van der Waals surface area contributed by atoms with Crippen molar-refractivity contribution in [2.75, 3.05) is 5.32 Å². The fourth-order valence-electron chi connectivity index (χ4n) is 3.65. The monoisotopic (exact) mass is 369 g/mol. The normalized spacial score (nSPS) is 11.8. The van der Waals surface area contributed by atoms with Crippen LogP contribution in [0.4, 0.5) is 10.1 Å². The summed E-state index contributed by atoms with van der Waals surface area (Å²) in [5.41, 5.74) is 7.61. The van der Waals surface area contributed by atoms with Crippen LogP contribution in [0.15, 0.2) is 72.8 Å². The Morgan fingerprint density at radius 2 is 1.82 bits per heavy atom. The van der Waals surface area contributed by atoms with E-state index in [4.69, 9.17) is 0 Å². The standard InChI is InChI=1S/C23H16FN3O/c24-17-6-3-5-16(12-17)23(28)25-18-10-8-14(9-11-18)21-20-13-15-4-1-2-7-19(15)22(20)27-26-21/h1-12H,13H2,(H,25,28)(H,26,27). The van der Waals surface area contributed by atoms with E-state index in [9.17, 15) is 9.18 Å². The van der Waals surface area contributed by atoms with Crippen LogP contribution in [-0.4, -0.2) is 16.1 Å². The van der Waals surface area contributed by atoms with Crippen molar-refractivity contribution in [3.8, 4) is 22.5 Å². The smallest absolute Gasteiger partial charge is 0.255 e. The number of aromatic nitrogens is 2. The van der Waals surface area contributed by atoms with Crippen LogP contribution >= 0.6 is 0 Å². The molecule has 0 bridgehead atoms. The van der Waals surface area contributed by atoms with E-state index in [-0.39, 0.29) is 11.5 Å². The average molecular weight is 369 g/mol. The lowest BCUT2D eigenvalue weighted by Crippen LogP contribution is -2.11. The third-order valence-corrected chi connectivity index (χ3v) is 5.02. The van der Waals surface area contributed by atoms with Gasteiger partial charge in [-0.15, -0.1) is 0 Å². The number of aromatic amines is 1. The lowest BCUT2D eigenvalue weighted by Gasteiger charge is -2.07. The van der Waals surface area contributed by atoms with E-state index >= 15 is 0 Å². The molecule has 1 aliphatic carbocycles. The van der Waals surface area contributed by atoms with Gasteiger partial charge in [0.05, 0.1) is 11.4 Å². The quantitative estimate of drug-likeness (QED) is 0.468. The van der Waals surface area contributed by atoms with Crippen LogP contribution in [0.2, 0.25) is 0 Å². The summed E-state index contributed by atoms with van der Waals surface area (Å²) in [4.78, 5) is 12.3. The van der Waals surface area contributed by atoms with Crippen molar-refractivity contribution < 1.29 is 9.18 Å². The Hall–Kier alpha value is -3.73. The highest BCUT2D eigenvalue weighted by molar-refractivity contribution is 6.04. The highest BCUT2D eigenvalue weighted by Crippen LogP contribution is 2.39. The molecule has 1 amide bonds. The van der Waals surface area contributed by atoms with Gasteiger partial charge in [-0.3, -0.25) is 9.89 Å². The molecule has 0 radical (unpaired) electrons. The van der Waals surface area contributed by atoms with Gasteiger partial charge in [0.1, 0.15) is 5.82 Å². The molecule has 0 saturated heterocycles. The van der Waals surface area contributed by atoms with E-state index in [0.717, 1.165) is 23.4 Å². The average Bonchev–Trinajstić information content (AvgIpc) is 3.28. The fourth-order valence-corrected chi connectivity index (χ4v) is 3.65. The van der Waals surface area contributed by atoms with Crippen molar-refractivity contribution in [2.45, 2.75) is 6.42 Å². The van der Waals surface area contributed by atoms with Gasteiger partial charge in [-0.25, -0.2) is 4.39 Å². The van der Waals surface area contributed by atoms with Crippen LogP contribution in [0.3, 0.4) is 0 Å². The molecule has 0 fully saturated rings. The maximum atomic E-state index is 13.3. The predicted octanol–water partition coefficient (Wildman–Crippen LogP) is 5.04. The molecule has 1 heterocycles. The molecule has 3 aromatic carbocycles. The van der Waals surface area contributed by atoms with Gasteiger partial charge in [-0.1, -0.05) is 42.5 Å². The first-order valence-corrected chi connectivity index (χ1v) is 9.02. The van der Waals surface area contributed by atoms with E-state index in [0.29, 0.717) is 5.69 Å². The van der Waals surface area contributed by atoms with Crippen molar-refractivity contribution in [3.05, 3.63) is 95.3 Å². The SMILES string of the molecule is O=C(Nc1ccc(-c2n[nH]c3c2Cc2ccccc2-3)cc1)c1cccc(F)c1. The minimum Gasteiger partial charge on any atom is -0.322 e. The molecule has 0 saturated carbocycles. The van der Waals surface area contributed by atoms with E-state index < -0.39 is 5.82 Å². The molecule has 5 rings (SSSR count). The summed E-state index contributed by atoms with van der Waals surface area (Å²) < 4.78 is 13.3. The number of rotatable bonds is 3. The Morgan fingerprint density at radius 3 is 2.64 bits per heavy atom. The molecule has 4 nitrogen and oxygen atoms in total. The molecule has 0 aliphatic heterocycles. The summed E-state index contributed by atoms with van der Waals surface area (Å²) in [6, 6.07) is 21.5. The van der Waals surface area contributed by atoms with Crippen molar-refractivity contribution >= 4 is 11.6 Å². The number of fused-ring (bicyclic) bond motifs is 3.